The molecule has 1 aromatic heterocycles. The van der Waals surface area contributed by atoms with E-state index in [2.05, 4.69) is 9.71 Å². The first-order valence-corrected chi connectivity index (χ1v) is 8.01. The number of benzene rings is 1. The molecule has 4 N–H and O–H groups in total. The number of carboxylic acid groups (broad SMARTS) is 1. The van der Waals surface area contributed by atoms with Gasteiger partial charge in [-0.2, -0.15) is 0 Å². The molecule has 2 rings (SSSR count). The molecule has 0 unspecified atom stereocenters. The maximum Gasteiger partial charge on any atom is 0.341 e. The van der Waals surface area contributed by atoms with E-state index in [0.717, 1.165) is 0 Å². The van der Waals surface area contributed by atoms with E-state index in [1.54, 1.807) is 0 Å². The monoisotopic (exact) mass is 338 g/mol. The van der Waals surface area contributed by atoms with Crippen molar-refractivity contribution in [3.05, 3.63) is 52.3 Å². The molecule has 1 aromatic carbocycles. The van der Waals surface area contributed by atoms with Crippen molar-refractivity contribution in [1.29, 1.82) is 0 Å². The Hall–Kier alpha value is -2.49. The fourth-order valence-electron chi connectivity index (χ4n) is 1.89. The predicted molar refractivity (Wildman–Crippen MR) is 81.7 cm³/mol. The smallest absolute Gasteiger partial charge is 0.341 e. The zero-order valence-corrected chi connectivity index (χ0v) is 12.6. The van der Waals surface area contributed by atoms with Gasteiger partial charge in [-0.3, -0.25) is 4.79 Å². The average molecular weight is 338 g/mol. The summed E-state index contributed by atoms with van der Waals surface area (Å²) in [5.74, 6) is -1.32. The van der Waals surface area contributed by atoms with Gasteiger partial charge in [0.2, 0.25) is 10.0 Å². The topological polar surface area (TPSA) is 137 Å². The first-order valence-electron chi connectivity index (χ1n) is 6.53. The minimum atomic E-state index is -3.71. The van der Waals surface area contributed by atoms with Gasteiger partial charge in [0.1, 0.15) is 5.56 Å². The molecule has 0 saturated heterocycles. The lowest BCUT2D eigenvalue weighted by Gasteiger charge is -2.07. The molecule has 122 valence electrons. The summed E-state index contributed by atoms with van der Waals surface area (Å²) in [6.07, 6.45) is 0. The minimum absolute atomic E-state index is 0.0132. The summed E-state index contributed by atoms with van der Waals surface area (Å²) in [4.78, 5) is 24.9. The van der Waals surface area contributed by atoms with Gasteiger partial charge >= 0.3 is 5.97 Å². The van der Waals surface area contributed by atoms with Crippen LogP contribution in [0.15, 0.2) is 46.1 Å². The van der Waals surface area contributed by atoms with E-state index in [9.17, 15) is 18.0 Å². The second-order valence-corrected chi connectivity index (χ2v) is 6.33. The van der Waals surface area contributed by atoms with Gasteiger partial charge in [-0.15, -0.1) is 0 Å². The molecule has 1 heterocycles. The van der Waals surface area contributed by atoms with Crippen LogP contribution in [-0.4, -0.2) is 42.7 Å². The lowest BCUT2D eigenvalue weighted by molar-refractivity contribution is 0.0695. The molecule has 0 bridgehead atoms. The van der Waals surface area contributed by atoms with Crippen LogP contribution >= 0.6 is 0 Å². The summed E-state index contributed by atoms with van der Waals surface area (Å²) in [7, 11) is -3.71. The van der Waals surface area contributed by atoms with Crippen molar-refractivity contribution in [1.82, 2.24) is 9.71 Å². The Labute approximate surface area is 131 Å². The Morgan fingerprint density at radius 2 is 1.78 bits per heavy atom. The Morgan fingerprint density at radius 3 is 2.30 bits per heavy atom. The number of nitrogens with one attached hydrogen (secondary N) is 2. The summed E-state index contributed by atoms with van der Waals surface area (Å²) in [5.41, 5.74) is -0.218. The molecule has 0 amide bonds. The number of carboxylic acids is 1. The van der Waals surface area contributed by atoms with E-state index in [0.29, 0.717) is 11.3 Å². The van der Waals surface area contributed by atoms with Crippen molar-refractivity contribution in [3.8, 4) is 11.3 Å². The minimum Gasteiger partial charge on any atom is -0.477 e. The first kappa shape index (κ1) is 16.9. The number of aromatic amines is 1. The number of aliphatic hydroxyl groups excluding tert-OH is 1. The summed E-state index contributed by atoms with van der Waals surface area (Å²) in [6, 6.07) is 8.28. The van der Waals surface area contributed by atoms with Gasteiger partial charge in [0, 0.05) is 12.2 Å². The van der Waals surface area contributed by atoms with Gasteiger partial charge in [0.15, 0.2) is 0 Å². The molecule has 0 radical (unpaired) electrons. The van der Waals surface area contributed by atoms with Gasteiger partial charge in [0.05, 0.1) is 11.5 Å². The van der Waals surface area contributed by atoms with Gasteiger partial charge < -0.3 is 15.2 Å². The molecule has 0 aliphatic rings. The molecule has 0 atom stereocenters. The molecule has 0 spiro atoms. The van der Waals surface area contributed by atoms with E-state index in [4.69, 9.17) is 10.2 Å². The Morgan fingerprint density at radius 1 is 1.13 bits per heavy atom. The number of carbonyl (C=O) groups is 1. The van der Waals surface area contributed by atoms with Crippen LogP contribution < -0.4 is 10.3 Å². The van der Waals surface area contributed by atoms with E-state index >= 15 is 0 Å². The Bertz CT molecular complexity index is 871. The van der Waals surface area contributed by atoms with Crippen molar-refractivity contribution >= 4 is 16.0 Å². The standard InChI is InChI=1S/C14H14N2O6S/c17-8-7-15-23(21,22)10-3-1-9(2-4-10)12-6-5-11(14(19)20)13(18)16-12/h1-6,15,17H,7-8H2,(H,16,18)(H,19,20). The lowest BCUT2D eigenvalue weighted by atomic mass is 10.1. The number of aliphatic hydroxyl groups is 1. The fourth-order valence-corrected chi connectivity index (χ4v) is 2.91. The largest absolute Gasteiger partial charge is 0.477 e. The molecule has 0 fully saturated rings. The zero-order chi connectivity index (χ0) is 17.0. The Balaban J connectivity index is 2.32. The van der Waals surface area contributed by atoms with Crippen molar-refractivity contribution < 1.29 is 23.4 Å². The molecule has 23 heavy (non-hydrogen) atoms. The van der Waals surface area contributed by atoms with Crippen molar-refractivity contribution in [2.24, 2.45) is 0 Å². The summed E-state index contributed by atoms with van der Waals surface area (Å²) in [5, 5.41) is 17.5. The van der Waals surface area contributed by atoms with Crippen LogP contribution in [0.3, 0.4) is 0 Å². The molecule has 9 heteroatoms. The van der Waals surface area contributed by atoms with Gasteiger partial charge in [-0.25, -0.2) is 17.9 Å². The SMILES string of the molecule is O=C(O)c1ccc(-c2ccc(S(=O)(=O)NCCO)cc2)[nH]c1=O. The van der Waals surface area contributed by atoms with Crippen LogP contribution in [0.25, 0.3) is 11.3 Å². The molecular weight excluding hydrogens is 324 g/mol. The maximum absolute atomic E-state index is 11.9. The van der Waals surface area contributed by atoms with E-state index < -0.39 is 21.6 Å². The molecule has 8 nitrogen and oxygen atoms in total. The molecular formula is C14H14N2O6S. The van der Waals surface area contributed by atoms with Gasteiger partial charge in [0.25, 0.3) is 5.56 Å². The normalized spacial score (nSPS) is 11.3. The molecule has 0 aliphatic carbocycles. The van der Waals surface area contributed by atoms with Crippen LogP contribution in [0.2, 0.25) is 0 Å². The third-order valence-electron chi connectivity index (χ3n) is 3.02. The van der Waals surface area contributed by atoms with E-state index in [1.807, 2.05) is 0 Å². The number of pyridine rings is 1. The van der Waals surface area contributed by atoms with Gasteiger partial charge in [-0.1, -0.05) is 12.1 Å². The number of hydrogen-bond donors (Lipinski definition) is 4. The quantitative estimate of drug-likeness (QED) is 0.586. The van der Waals surface area contributed by atoms with Crippen LogP contribution in [0.5, 0.6) is 0 Å². The number of rotatable bonds is 6. The van der Waals surface area contributed by atoms with Crippen LogP contribution in [0.1, 0.15) is 10.4 Å². The highest BCUT2D eigenvalue weighted by Gasteiger charge is 2.14. The van der Waals surface area contributed by atoms with Gasteiger partial charge in [-0.05, 0) is 29.8 Å². The highest BCUT2D eigenvalue weighted by atomic mass is 32.2. The third kappa shape index (κ3) is 3.83. The van der Waals surface area contributed by atoms with Crippen molar-refractivity contribution in [2.45, 2.75) is 4.90 Å². The Kier molecular flexibility index (Phi) is 4.94. The maximum atomic E-state index is 11.9. The molecule has 0 aliphatic heterocycles. The van der Waals surface area contributed by atoms with E-state index in [1.165, 1.54) is 36.4 Å². The number of aromatic nitrogens is 1. The summed E-state index contributed by atoms with van der Waals surface area (Å²) in [6.45, 7) is -0.400. The number of H-pyrrole nitrogens is 1. The highest BCUT2D eigenvalue weighted by molar-refractivity contribution is 7.89. The van der Waals surface area contributed by atoms with Crippen molar-refractivity contribution in [3.63, 3.8) is 0 Å². The number of sulfonamides is 1. The van der Waals surface area contributed by atoms with Crippen molar-refractivity contribution in [2.75, 3.05) is 13.2 Å². The lowest BCUT2D eigenvalue weighted by Crippen LogP contribution is -2.26. The first-order chi connectivity index (χ1) is 10.8. The summed E-state index contributed by atoms with van der Waals surface area (Å²) >= 11 is 0. The number of hydrogen-bond acceptors (Lipinski definition) is 5. The zero-order valence-electron chi connectivity index (χ0n) is 11.8. The molecule has 2 aromatic rings. The van der Waals surface area contributed by atoms with Crippen LogP contribution in [0, 0.1) is 0 Å². The van der Waals surface area contributed by atoms with E-state index in [-0.39, 0.29) is 23.6 Å². The number of aromatic carboxylic acids is 1. The molecule has 0 saturated carbocycles. The second-order valence-electron chi connectivity index (χ2n) is 4.57. The average Bonchev–Trinajstić information content (AvgIpc) is 2.52. The van der Waals surface area contributed by atoms with Crippen LogP contribution in [0.4, 0.5) is 0 Å². The fraction of sp³-hybridized carbons (Fsp3) is 0.143. The predicted octanol–water partition coefficient (Wildman–Crippen LogP) is 0.0107. The highest BCUT2D eigenvalue weighted by Crippen LogP contribution is 2.18. The van der Waals surface area contributed by atoms with Crippen LogP contribution in [-0.2, 0) is 10.0 Å². The third-order valence-corrected chi connectivity index (χ3v) is 4.50. The summed E-state index contributed by atoms with van der Waals surface area (Å²) < 4.78 is 25.9. The second kappa shape index (κ2) is 6.73.